The van der Waals surface area contributed by atoms with E-state index in [1.807, 2.05) is 37.3 Å². The minimum absolute atomic E-state index is 0.0589. The summed E-state index contributed by atoms with van der Waals surface area (Å²) in [6, 6.07) is 9.82. The molecule has 0 radical (unpaired) electrons. The number of benzene rings is 1. The Labute approximate surface area is 133 Å². The van der Waals surface area contributed by atoms with Crippen molar-refractivity contribution in [3.05, 3.63) is 52.8 Å². The molecule has 2 aromatic rings. The van der Waals surface area contributed by atoms with Crippen LogP contribution in [0.5, 0.6) is 0 Å². The molecule has 4 nitrogen and oxygen atoms in total. The fraction of sp³-hybridized carbons (Fsp3) is 0.250. The molecule has 5 heteroatoms. The molecule has 1 aromatic heterocycles. The predicted octanol–water partition coefficient (Wildman–Crippen LogP) is 4.19. The van der Waals surface area contributed by atoms with Gasteiger partial charge < -0.3 is 10.6 Å². The Hall–Kier alpha value is -1.88. The Morgan fingerprint density at radius 2 is 1.95 bits per heavy atom. The minimum atomic E-state index is 0.0589. The van der Waals surface area contributed by atoms with Crippen molar-refractivity contribution in [1.29, 1.82) is 0 Å². The summed E-state index contributed by atoms with van der Waals surface area (Å²) in [4.78, 5) is 15.6. The summed E-state index contributed by atoms with van der Waals surface area (Å²) < 4.78 is 0.946. The molecule has 2 N–H and O–H groups in total. The number of nitrogens with zero attached hydrogens (tertiary/aromatic N) is 1. The van der Waals surface area contributed by atoms with E-state index >= 15 is 0 Å². The van der Waals surface area contributed by atoms with Crippen LogP contribution in [0.4, 0.5) is 11.4 Å². The Morgan fingerprint density at radius 1 is 1.19 bits per heavy atom. The maximum absolute atomic E-state index is 11.5. The van der Waals surface area contributed by atoms with E-state index in [9.17, 15) is 4.79 Å². The van der Waals surface area contributed by atoms with Gasteiger partial charge in [0.2, 0.25) is 5.91 Å². The van der Waals surface area contributed by atoms with Crippen LogP contribution >= 0.6 is 15.9 Å². The molecule has 0 aliphatic rings. The zero-order valence-electron chi connectivity index (χ0n) is 11.9. The Balaban J connectivity index is 1.89. The van der Waals surface area contributed by atoms with Crippen molar-refractivity contribution in [2.75, 3.05) is 10.6 Å². The number of amides is 1. The van der Waals surface area contributed by atoms with Gasteiger partial charge in [-0.25, -0.2) is 0 Å². The maximum Gasteiger partial charge on any atom is 0.224 e. The molecule has 0 bridgehead atoms. The van der Waals surface area contributed by atoms with Crippen LogP contribution in [0, 0.1) is 0 Å². The number of nitrogens with one attached hydrogen (secondary N) is 2. The van der Waals surface area contributed by atoms with E-state index in [2.05, 4.69) is 31.5 Å². The Morgan fingerprint density at radius 3 is 2.62 bits per heavy atom. The highest BCUT2D eigenvalue weighted by atomic mass is 79.9. The van der Waals surface area contributed by atoms with Gasteiger partial charge in [0.15, 0.2) is 0 Å². The van der Waals surface area contributed by atoms with Crippen LogP contribution in [-0.2, 0) is 11.3 Å². The molecular weight excluding hydrogens is 330 g/mol. The van der Waals surface area contributed by atoms with Gasteiger partial charge in [-0.15, -0.1) is 0 Å². The van der Waals surface area contributed by atoms with E-state index in [0.29, 0.717) is 13.0 Å². The van der Waals surface area contributed by atoms with E-state index in [-0.39, 0.29) is 5.91 Å². The summed E-state index contributed by atoms with van der Waals surface area (Å²) in [5.74, 6) is 0.0589. The molecule has 0 aliphatic carbocycles. The van der Waals surface area contributed by atoms with Crippen molar-refractivity contribution < 1.29 is 4.79 Å². The molecule has 110 valence electrons. The molecule has 0 saturated heterocycles. The molecule has 2 rings (SSSR count). The number of hydrogen-bond acceptors (Lipinski definition) is 3. The lowest BCUT2D eigenvalue weighted by atomic mass is 10.2. The molecule has 21 heavy (non-hydrogen) atoms. The molecule has 0 atom stereocenters. The number of carbonyl (C=O) groups excluding carboxylic acids is 1. The second-order valence-electron chi connectivity index (χ2n) is 4.74. The maximum atomic E-state index is 11.5. The summed E-state index contributed by atoms with van der Waals surface area (Å²) in [6.07, 6.45) is 4.94. The third-order valence-corrected chi connectivity index (χ3v) is 3.35. The second-order valence-corrected chi connectivity index (χ2v) is 5.66. The second kappa shape index (κ2) is 7.78. The topological polar surface area (TPSA) is 54.0 Å². The molecule has 0 fully saturated rings. The third-order valence-electron chi connectivity index (χ3n) is 2.92. The standard InChI is InChI=1S/C16H18BrN3O/c1-2-3-16(21)20-14-6-4-12(5-7-14)9-19-15-8-13(17)10-18-11-15/h4-8,10-11,19H,2-3,9H2,1H3,(H,20,21). The average molecular weight is 348 g/mol. The third kappa shape index (κ3) is 5.19. The van der Waals surface area contributed by atoms with Gasteiger partial charge in [0.1, 0.15) is 0 Å². The minimum Gasteiger partial charge on any atom is -0.380 e. The van der Waals surface area contributed by atoms with Crippen molar-refractivity contribution in [1.82, 2.24) is 4.98 Å². The van der Waals surface area contributed by atoms with Gasteiger partial charge in [-0.1, -0.05) is 19.1 Å². The number of anilines is 2. The predicted molar refractivity (Wildman–Crippen MR) is 89.2 cm³/mol. The first-order valence-electron chi connectivity index (χ1n) is 6.90. The number of hydrogen-bond donors (Lipinski definition) is 2. The molecule has 1 heterocycles. The highest BCUT2D eigenvalue weighted by Gasteiger charge is 2.01. The van der Waals surface area contributed by atoms with Gasteiger partial charge in [-0.3, -0.25) is 9.78 Å². The van der Waals surface area contributed by atoms with Crippen molar-refractivity contribution in [3.63, 3.8) is 0 Å². The lowest BCUT2D eigenvalue weighted by Gasteiger charge is -2.08. The van der Waals surface area contributed by atoms with Crippen molar-refractivity contribution >= 4 is 33.2 Å². The quantitative estimate of drug-likeness (QED) is 0.823. The number of rotatable bonds is 6. The van der Waals surface area contributed by atoms with Crippen LogP contribution in [0.2, 0.25) is 0 Å². The van der Waals surface area contributed by atoms with Crippen LogP contribution < -0.4 is 10.6 Å². The summed E-state index contributed by atoms with van der Waals surface area (Å²) in [6.45, 7) is 2.70. The normalized spacial score (nSPS) is 10.2. The van der Waals surface area contributed by atoms with Gasteiger partial charge in [0.25, 0.3) is 0 Å². The smallest absolute Gasteiger partial charge is 0.224 e. The van der Waals surface area contributed by atoms with Crippen molar-refractivity contribution in [2.45, 2.75) is 26.3 Å². The van der Waals surface area contributed by atoms with E-state index in [4.69, 9.17) is 0 Å². The van der Waals surface area contributed by atoms with Crippen LogP contribution in [0.15, 0.2) is 47.2 Å². The van der Waals surface area contributed by atoms with E-state index in [1.165, 1.54) is 0 Å². The number of pyridine rings is 1. The Kier molecular flexibility index (Phi) is 5.75. The SMILES string of the molecule is CCCC(=O)Nc1ccc(CNc2cncc(Br)c2)cc1. The fourth-order valence-electron chi connectivity index (χ4n) is 1.87. The van der Waals surface area contributed by atoms with Crippen LogP contribution in [0.25, 0.3) is 0 Å². The number of halogens is 1. The fourth-order valence-corrected chi connectivity index (χ4v) is 2.23. The first-order valence-corrected chi connectivity index (χ1v) is 7.70. The van der Waals surface area contributed by atoms with Crippen LogP contribution in [0.3, 0.4) is 0 Å². The largest absolute Gasteiger partial charge is 0.380 e. The summed E-state index contributed by atoms with van der Waals surface area (Å²) in [5.41, 5.74) is 2.94. The Bertz CT molecular complexity index is 599. The molecule has 0 spiro atoms. The van der Waals surface area contributed by atoms with Gasteiger partial charge in [0, 0.05) is 29.3 Å². The number of aromatic nitrogens is 1. The van der Waals surface area contributed by atoms with Crippen molar-refractivity contribution in [3.8, 4) is 0 Å². The van der Waals surface area contributed by atoms with Gasteiger partial charge >= 0.3 is 0 Å². The molecule has 0 saturated carbocycles. The van der Waals surface area contributed by atoms with Crippen LogP contribution in [0.1, 0.15) is 25.3 Å². The molecule has 1 aromatic carbocycles. The van der Waals surface area contributed by atoms with E-state index < -0.39 is 0 Å². The summed E-state index contributed by atoms with van der Waals surface area (Å²) in [5, 5.41) is 6.18. The first kappa shape index (κ1) is 15.5. The molecule has 0 unspecified atom stereocenters. The summed E-state index contributed by atoms with van der Waals surface area (Å²) in [7, 11) is 0. The van der Waals surface area contributed by atoms with Gasteiger partial charge in [0.05, 0.1) is 11.9 Å². The lowest BCUT2D eigenvalue weighted by molar-refractivity contribution is -0.116. The monoisotopic (exact) mass is 347 g/mol. The molecule has 1 amide bonds. The highest BCUT2D eigenvalue weighted by molar-refractivity contribution is 9.10. The zero-order chi connectivity index (χ0) is 15.1. The van der Waals surface area contributed by atoms with Gasteiger partial charge in [-0.05, 0) is 46.1 Å². The lowest BCUT2D eigenvalue weighted by Crippen LogP contribution is -2.10. The van der Waals surface area contributed by atoms with Crippen molar-refractivity contribution in [2.24, 2.45) is 0 Å². The molecular formula is C16H18BrN3O. The van der Waals surface area contributed by atoms with Gasteiger partial charge in [-0.2, -0.15) is 0 Å². The zero-order valence-corrected chi connectivity index (χ0v) is 13.5. The van der Waals surface area contributed by atoms with E-state index in [1.54, 1.807) is 12.4 Å². The van der Waals surface area contributed by atoms with E-state index in [0.717, 1.165) is 27.8 Å². The van der Waals surface area contributed by atoms with Crippen LogP contribution in [-0.4, -0.2) is 10.9 Å². The molecule has 0 aliphatic heterocycles. The first-order chi connectivity index (χ1) is 10.2. The highest BCUT2D eigenvalue weighted by Crippen LogP contribution is 2.15. The average Bonchev–Trinajstić information content (AvgIpc) is 2.47. The summed E-state index contributed by atoms with van der Waals surface area (Å²) >= 11 is 3.39. The number of carbonyl (C=O) groups is 1.